The van der Waals surface area contributed by atoms with Gasteiger partial charge in [-0.2, -0.15) is 4.73 Å². The Balaban J connectivity index is 2.19. The molecule has 1 heterocycles. The van der Waals surface area contributed by atoms with Gasteiger partial charge in [0.2, 0.25) is 11.9 Å². The Bertz CT molecular complexity index is 477. The Kier molecular flexibility index (Phi) is 10.9. The van der Waals surface area contributed by atoms with E-state index in [9.17, 15) is 5.21 Å². The van der Waals surface area contributed by atoms with E-state index in [0.717, 1.165) is 23.1 Å². The van der Waals surface area contributed by atoms with Crippen LogP contribution in [0.25, 0.3) is 0 Å². The van der Waals surface area contributed by atoms with Gasteiger partial charge in [-0.05, 0) is 12.8 Å². The van der Waals surface area contributed by atoms with Gasteiger partial charge in [-0.1, -0.05) is 82.7 Å². The molecule has 1 aromatic rings. The zero-order valence-corrected chi connectivity index (χ0v) is 16.5. The predicted molar refractivity (Wildman–Crippen MR) is 102 cm³/mol. The number of rotatable bonds is 13. The van der Waals surface area contributed by atoms with Gasteiger partial charge in [-0.3, -0.25) is 0 Å². The molecule has 24 heavy (non-hydrogen) atoms. The predicted octanol–water partition coefficient (Wildman–Crippen LogP) is 6.14. The second-order valence-corrected chi connectivity index (χ2v) is 7.06. The normalized spacial score (nSPS) is 11.0. The van der Waals surface area contributed by atoms with E-state index >= 15 is 0 Å². The minimum atomic E-state index is 0.468. The van der Waals surface area contributed by atoms with Gasteiger partial charge in [0.25, 0.3) is 0 Å². The molecule has 0 aliphatic heterocycles. The van der Waals surface area contributed by atoms with Gasteiger partial charge in [0.05, 0.1) is 12.1 Å². The van der Waals surface area contributed by atoms with E-state index in [0.29, 0.717) is 16.5 Å². The monoisotopic (exact) mass is 355 g/mol. The summed E-state index contributed by atoms with van der Waals surface area (Å²) in [5.41, 5.74) is 1.62. The maximum Gasteiger partial charge on any atom is 0.224 e. The van der Waals surface area contributed by atoms with Gasteiger partial charge in [0.1, 0.15) is 0 Å². The van der Waals surface area contributed by atoms with Crippen molar-refractivity contribution < 1.29 is 9.47 Å². The number of methoxy groups -OCH3 is 1. The molecule has 1 rings (SSSR count). The first-order chi connectivity index (χ1) is 11.6. The minimum absolute atomic E-state index is 0.468. The van der Waals surface area contributed by atoms with E-state index in [1.807, 2.05) is 6.92 Å². The molecule has 0 radical (unpaired) electrons. The highest BCUT2D eigenvalue weighted by Gasteiger charge is 2.17. The molecule has 0 aliphatic carbocycles. The summed E-state index contributed by atoms with van der Waals surface area (Å²) in [5, 5.41) is 12.4. The lowest BCUT2D eigenvalue weighted by Gasteiger charge is -2.12. The summed E-state index contributed by atoms with van der Waals surface area (Å²) in [6, 6.07) is 0. The van der Waals surface area contributed by atoms with Gasteiger partial charge in [-0.25, -0.2) is 0 Å². The number of ether oxygens (including phenoxy) is 1. The first-order valence-electron chi connectivity index (χ1n) is 9.57. The molecule has 4 heteroatoms. The van der Waals surface area contributed by atoms with Crippen LogP contribution >= 0.6 is 11.6 Å². The summed E-state index contributed by atoms with van der Waals surface area (Å²) in [6.45, 7) is 4.09. The van der Waals surface area contributed by atoms with Crippen molar-refractivity contribution >= 4 is 11.6 Å². The number of hydrogen-bond donors (Lipinski definition) is 0. The van der Waals surface area contributed by atoms with Gasteiger partial charge < -0.3 is 9.94 Å². The number of unbranched alkanes of at least 4 members (excludes halogenated alkanes) is 10. The third-order valence-electron chi connectivity index (χ3n) is 4.73. The quantitative estimate of drug-likeness (QED) is 0.242. The van der Waals surface area contributed by atoms with Gasteiger partial charge in [-0.15, -0.1) is 0 Å². The molecule has 0 unspecified atom stereocenters. The van der Waals surface area contributed by atoms with E-state index in [2.05, 4.69) is 6.92 Å². The lowest BCUT2D eigenvalue weighted by atomic mass is 10.0. The maximum atomic E-state index is 11.9. The van der Waals surface area contributed by atoms with Crippen molar-refractivity contribution in [3.63, 3.8) is 0 Å². The summed E-state index contributed by atoms with van der Waals surface area (Å²) in [6.07, 6.45) is 16.7. The molecule has 0 saturated heterocycles. The molecular formula is C20H34ClNO2. The maximum absolute atomic E-state index is 11.9. The molecule has 0 fully saturated rings. The summed E-state index contributed by atoms with van der Waals surface area (Å²) < 4.78 is 6.04. The topological polar surface area (TPSA) is 36.2 Å². The van der Waals surface area contributed by atoms with E-state index in [-0.39, 0.29) is 0 Å². The minimum Gasteiger partial charge on any atom is -0.618 e. The van der Waals surface area contributed by atoms with E-state index in [4.69, 9.17) is 16.3 Å². The van der Waals surface area contributed by atoms with Crippen LogP contribution in [0, 0.1) is 12.1 Å². The van der Waals surface area contributed by atoms with Crippen molar-refractivity contribution in [2.24, 2.45) is 0 Å². The van der Waals surface area contributed by atoms with Gasteiger partial charge in [0.15, 0.2) is 5.69 Å². The summed E-state index contributed by atoms with van der Waals surface area (Å²) in [4.78, 5) is 0. The molecule has 0 N–H and O–H groups in total. The molecule has 0 spiro atoms. The molecular weight excluding hydrogens is 322 g/mol. The smallest absolute Gasteiger partial charge is 0.224 e. The average molecular weight is 356 g/mol. The number of nitrogens with zero attached hydrogens (tertiary/aromatic N) is 1. The lowest BCUT2D eigenvalue weighted by Crippen LogP contribution is -2.31. The largest absolute Gasteiger partial charge is 0.618 e. The Morgan fingerprint density at radius 2 is 1.46 bits per heavy atom. The van der Waals surface area contributed by atoms with Gasteiger partial charge >= 0.3 is 0 Å². The van der Waals surface area contributed by atoms with Crippen molar-refractivity contribution in [2.45, 2.75) is 90.9 Å². The van der Waals surface area contributed by atoms with Crippen LogP contribution in [0.15, 0.2) is 6.20 Å². The first kappa shape index (κ1) is 21.1. The number of pyridine rings is 1. The second-order valence-electron chi connectivity index (χ2n) is 6.69. The fourth-order valence-corrected chi connectivity index (χ4v) is 3.46. The van der Waals surface area contributed by atoms with E-state index in [1.54, 1.807) is 7.11 Å². The van der Waals surface area contributed by atoms with Crippen molar-refractivity contribution in [2.75, 3.05) is 7.11 Å². The Hall–Kier alpha value is -0.960. The van der Waals surface area contributed by atoms with Crippen LogP contribution in [-0.4, -0.2) is 7.11 Å². The Morgan fingerprint density at radius 3 is 1.96 bits per heavy atom. The summed E-state index contributed by atoms with van der Waals surface area (Å²) >= 11 is 6.34. The van der Waals surface area contributed by atoms with Crippen LogP contribution in [0.2, 0.25) is 5.02 Å². The number of aromatic nitrogens is 1. The SMILES string of the molecule is CCCCCCCCCCCCCc1c(Cl)c(OC)c[n+]([O-])c1C. The summed E-state index contributed by atoms with van der Waals surface area (Å²) in [5.74, 6) is 0.468. The summed E-state index contributed by atoms with van der Waals surface area (Å²) in [7, 11) is 1.54. The van der Waals surface area contributed by atoms with E-state index in [1.165, 1.54) is 70.4 Å². The number of halogens is 1. The Morgan fingerprint density at radius 1 is 0.958 bits per heavy atom. The molecule has 0 atom stereocenters. The van der Waals surface area contributed by atoms with Crippen LogP contribution < -0.4 is 9.47 Å². The van der Waals surface area contributed by atoms with Crippen molar-refractivity contribution in [3.05, 3.63) is 27.7 Å². The van der Waals surface area contributed by atoms with Crippen LogP contribution in [0.5, 0.6) is 5.75 Å². The molecule has 0 bridgehead atoms. The fourth-order valence-electron chi connectivity index (χ4n) is 3.10. The fraction of sp³-hybridized carbons (Fsp3) is 0.750. The lowest BCUT2D eigenvalue weighted by molar-refractivity contribution is -0.613. The third-order valence-corrected chi connectivity index (χ3v) is 5.15. The first-order valence-corrected chi connectivity index (χ1v) is 9.94. The van der Waals surface area contributed by atoms with Crippen LogP contribution in [0.3, 0.4) is 0 Å². The molecule has 0 aliphatic rings. The van der Waals surface area contributed by atoms with Crippen molar-refractivity contribution in [1.82, 2.24) is 0 Å². The zero-order chi connectivity index (χ0) is 17.8. The molecule has 0 amide bonds. The molecule has 0 aromatic carbocycles. The number of hydrogen-bond acceptors (Lipinski definition) is 2. The second kappa shape index (κ2) is 12.4. The molecule has 3 nitrogen and oxygen atoms in total. The molecule has 0 saturated carbocycles. The van der Waals surface area contributed by atoms with Crippen LogP contribution in [0.4, 0.5) is 0 Å². The van der Waals surface area contributed by atoms with Crippen molar-refractivity contribution in [3.8, 4) is 5.75 Å². The highest BCUT2D eigenvalue weighted by Crippen LogP contribution is 2.29. The van der Waals surface area contributed by atoms with Crippen molar-refractivity contribution in [1.29, 1.82) is 0 Å². The average Bonchev–Trinajstić information content (AvgIpc) is 2.58. The Labute approximate surface area is 153 Å². The highest BCUT2D eigenvalue weighted by atomic mass is 35.5. The van der Waals surface area contributed by atoms with Gasteiger partial charge in [0, 0.05) is 12.5 Å². The van der Waals surface area contributed by atoms with Crippen LogP contribution in [0.1, 0.15) is 88.8 Å². The van der Waals surface area contributed by atoms with E-state index < -0.39 is 0 Å². The zero-order valence-electron chi connectivity index (χ0n) is 15.7. The third kappa shape index (κ3) is 7.29. The standard InChI is InChI=1S/C20H34ClNO2/c1-4-5-6-7-8-9-10-11-12-13-14-15-18-17(2)22(23)16-19(24-3)20(18)21/h16H,4-15H2,1-3H3. The van der Waals surface area contributed by atoms with Crippen LogP contribution in [-0.2, 0) is 6.42 Å². The molecule has 1 aromatic heterocycles. The molecule has 138 valence electrons. The highest BCUT2D eigenvalue weighted by molar-refractivity contribution is 6.32.